The summed E-state index contributed by atoms with van der Waals surface area (Å²) in [5, 5.41) is 3.12. The van der Waals surface area contributed by atoms with Crippen molar-refractivity contribution >= 4 is 5.91 Å². The first-order valence-corrected chi connectivity index (χ1v) is 7.04. The lowest BCUT2D eigenvalue weighted by atomic mass is 9.97. The Morgan fingerprint density at radius 1 is 1.22 bits per heavy atom. The number of carbonyl (C=O) groups excluding carboxylic acids is 1. The van der Waals surface area contributed by atoms with E-state index in [0.29, 0.717) is 0 Å². The Hall–Kier alpha value is -1.31. The molecule has 0 saturated carbocycles. The van der Waals surface area contributed by atoms with Crippen molar-refractivity contribution in [2.75, 3.05) is 0 Å². The second kappa shape index (κ2) is 7.91. The summed E-state index contributed by atoms with van der Waals surface area (Å²) in [6, 6.07) is 10.2. The fraction of sp³-hybridized carbons (Fsp3) is 0.562. The number of hydrogen-bond donors (Lipinski definition) is 1. The van der Waals surface area contributed by atoms with E-state index in [0.717, 1.165) is 31.2 Å². The zero-order valence-corrected chi connectivity index (χ0v) is 11.8. The minimum absolute atomic E-state index is 0.0920. The van der Waals surface area contributed by atoms with Gasteiger partial charge in [0.1, 0.15) is 0 Å². The van der Waals surface area contributed by atoms with E-state index < -0.39 is 0 Å². The molecule has 2 atom stereocenters. The van der Waals surface area contributed by atoms with Crippen molar-refractivity contribution < 1.29 is 4.79 Å². The van der Waals surface area contributed by atoms with E-state index in [1.807, 2.05) is 25.1 Å². The van der Waals surface area contributed by atoms with Gasteiger partial charge in [0, 0.05) is 5.92 Å². The normalized spacial score (nSPS) is 13.9. The number of carbonyl (C=O) groups is 1. The Bertz CT molecular complexity index is 347. The first-order chi connectivity index (χ1) is 8.69. The van der Waals surface area contributed by atoms with Crippen LogP contribution in [0.1, 0.15) is 58.1 Å². The average molecular weight is 247 g/mol. The molecule has 0 fully saturated rings. The monoisotopic (exact) mass is 247 g/mol. The van der Waals surface area contributed by atoms with Crippen LogP contribution in [0.25, 0.3) is 0 Å². The van der Waals surface area contributed by atoms with Crippen LogP contribution in [0.2, 0.25) is 0 Å². The topological polar surface area (TPSA) is 29.1 Å². The third-order valence-electron chi connectivity index (χ3n) is 3.43. The molecule has 0 aliphatic carbocycles. The van der Waals surface area contributed by atoms with Gasteiger partial charge in [-0.3, -0.25) is 4.79 Å². The van der Waals surface area contributed by atoms with Crippen LogP contribution in [0.5, 0.6) is 0 Å². The molecular weight excluding hydrogens is 222 g/mol. The molecule has 2 heteroatoms. The molecule has 0 saturated heterocycles. The lowest BCUT2D eigenvalue weighted by Gasteiger charge is -2.19. The summed E-state index contributed by atoms with van der Waals surface area (Å²) >= 11 is 0. The minimum atomic E-state index is 0.0920. The Kier molecular flexibility index (Phi) is 6.48. The van der Waals surface area contributed by atoms with Gasteiger partial charge in [-0.15, -0.1) is 0 Å². The molecule has 0 bridgehead atoms. The summed E-state index contributed by atoms with van der Waals surface area (Å²) in [4.78, 5) is 12.2. The molecule has 0 heterocycles. The molecule has 0 aliphatic rings. The fourth-order valence-corrected chi connectivity index (χ4v) is 2.13. The third kappa shape index (κ3) is 4.52. The number of rotatable bonds is 7. The predicted octanol–water partition coefficient (Wildman–Crippen LogP) is 4.08. The summed E-state index contributed by atoms with van der Waals surface area (Å²) in [5.74, 6) is 0.360. The Morgan fingerprint density at radius 2 is 1.89 bits per heavy atom. The molecule has 2 nitrogen and oxygen atoms in total. The standard InChI is InChI=1S/C16H25NO/c1-4-6-10-14(5-2)16(18)17-13(3)15-11-8-7-9-12-15/h7-9,11-14H,4-6,10H2,1-3H3,(H,17,18). The van der Waals surface area contributed by atoms with Gasteiger partial charge in [-0.2, -0.15) is 0 Å². The molecular formula is C16H25NO. The van der Waals surface area contributed by atoms with Crippen LogP contribution in [0.4, 0.5) is 0 Å². The van der Waals surface area contributed by atoms with Gasteiger partial charge < -0.3 is 5.32 Å². The summed E-state index contributed by atoms with van der Waals surface area (Å²) in [6.07, 6.45) is 4.21. The van der Waals surface area contributed by atoms with Gasteiger partial charge in [0.15, 0.2) is 0 Å². The molecule has 1 rings (SSSR count). The Labute approximate surface area is 111 Å². The largest absolute Gasteiger partial charge is 0.349 e. The van der Waals surface area contributed by atoms with Crippen molar-refractivity contribution in [1.29, 1.82) is 0 Å². The van der Waals surface area contributed by atoms with Crippen LogP contribution >= 0.6 is 0 Å². The second-order valence-electron chi connectivity index (χ2n) is 4.89. The average Bonchev–Trinajstić information content (AvgIpc) is 2.40. The molecule has 0 aromatic heterocycles. The van der Waals surface area contributed by atoms with E-state index in [2.05, 4.69) is 31.3 Å². The van der Waals surface area contributed by atoms with Gasteiger partial charge in [-0.25, -0.2) is 0 Å². The molecule has 18 heavy (non-hydrogen) atoms. The van der Waals surface area contributed by atoms with E-state index in [1.54, 1.807) is 0 Å². The third-order valence-corrected chi connectivity index (χ3v) is 3.43. The SMILES string of the molecule is CCCCC(CC)C(=O)NC(C)c1ccccc1. The molecule has 0 spiro atoms. The maximum absolute atomic E-state index is 12.2. The molecule has 1 N–H and O–H groups in total. The minimum Gasteiger partial charge on any atom is -0.349 e. The van der Waals surface area contributed by atoms with Crippen molar-refractivity contribution in [2.24, 2.45) is 5.92 Å². The van der Waals surface area contributed by atoms with Crippen molar-refractivity contribution in [3.8, 4) is 0 Å². The number of nitrogens with one attached hydrogen (secondary N) is 1. The highest BCUT2D eigenvalue weighted by molar-refractivity contribution is 5.79. The van der Waals surface area contributed by atoms with Gasteiger partial charge in [0.05, 0.1) is 6.04 Å². The van der Waals surface area contributed by atoms with Gasteiger partial charge >= 0.3 is 0 Å². The van der Waals surface area contributed by atoms with Crippen LogP contribution in [0.15, 0.2) is 30.3 Å². The number of amides is 1. The molecule has 1 aromatic rings. The number of benzene rings is 1. The maximum Gasteiger partial charge on any atom is 0.223 e. The summed E-state index contributed by atoms with van der Waals surface area (Å²) in [5.41, 5.74) is 1.16. The highest BCUT2D eigenvalue weighted by atomic mass is 16.1. The van der Waals surface area contributed by atoms with Crippen LogP contribution in [0.3, 0.4) is 0 Å². The van der Waals surface area contributed by atoms with Crippen LogP contribution < -0.4 is 5.32 Å². The van der Waals surface area contributed by atoms with Gasteiger partial charge in [0.25, 0.3) is 0 Å². The second-order valence-corrected chi connectivity index (χ2v) is 4.89. The zero-order valence-electron chi connectivity index (χ0n) is 11.8. The number of hydrogen-bond acceptors (Lipinski definition) is 1. The molecule has 1 amide bonds. The summed E-state index contributed by atoms with van der Waals surface area (Å²) < 4.78 is 0. The molecule has 0 radical (unpaired) electrons. The lowest BCUT2D eigenvalue weighted by Crippen LogP contribution is -2.32. The van der Waals surface area contributed by atoms with Gasteiger partial charge in [-0.05, 0) is 25.3 Å². The van der Waals surface area contributed by atoms with E-state index >= 15 is 0 Å². The van der Waals surface area contributed by atoms with Crippen LogP contribution in [-0.4, -0.2) is 5.91 Å². The predicted molar refractivity (Wildman–Crippen MR) is 76.3 cm³/mol. The molecule has 1 aromatic carbocycles. The van der Waals surface area contributed by atoms with Crippen LogP contribution in [-0.2, 0) is 4.79 Å². The summed E-state index contributed by atoms with van der Waals surface area (Å²) in [6.45, 7) is 6.30. The first-order valence-electron chi connectivity index (χ1n) is 7.04. The van der Waals surface area contributed by atoms with Crippen molar-refractivity contribution in [2.45, 2.75) is 52.5 Å². The van der Waals surface area contributed by atoms with E-state index in [-0.39, 0.29) is 17.9 Å². The molecule has 100 valence electrons. The van der Waals surface area contributed by atoms with Gasteiger partial charge in [0.2, 0.25) is 5.91 Å². The summed E-state index contributed by atoms with van der Waals surface area (Å²) in [7, 11) is 0. The van der Waals surface area contributed by atoms with Crippen molar-refractivity contribution in [1.82, 2.24) is 5.32 Å². The van der Waals surface area contributed by atoms with E-state index in [1.165, 1.54) is 0 Å². The fourth-order valence-electron chi connectivity index (χ4n) is 2.13. The van der Waals surface area contributed by atoms with Crippen LogP contribution in [0, 0.1) is 5.92 Å². The number of unbranched alkanes of at least 4 members (excludes halogenated alkanes) is 1. The Balaban J connectivity index is 2.52. The van der Waals surface area contributed by atoms with E-state index in [4.69, 9.17) is 0 Å². The zero-order chi connectivity index (χ0) is 13.4. The smallest absolute Gasteiger partial charge is 0.223 e. The molecule has 2 unspecified atom stereocenters. The van der Waals surface area contributed by atoms with E-state index in [9.17, 15) is 4.79 Å². The van der Waals surface area contributed by atoms with Crippen molar-refractivity contribution in [3.05, 3.63) is 35.9 Å². The highest BCUT2D eigenvalue weighted by Crippen LogP contribution is 2.16. The Morgan fingerprint density at radius 3 is 2.44 bits per heavy atom. The quantitative estimate of drug-likeness (QED) is 0.773. The van der Waals surface area contributed by atoms with Crippen molar-refractivity contribution in [3.63, 3.8) is 0 Å². The molecule has 0 aliphatic heterocycles. The van der Waals surface area contributed by atoms with Gasteiger partial charge in [-0.1, -0.05) is 57.0 Å². The first kappa shape index (κ1) is 14.7. The highest BCUT2D eigenvalue weighted by Gasteiger charge is 2.17. The lowest BCUT2D eigenvalue weighted by molar-refractivity contribution is -0.126. The maximum atomic E-state index is 12.2.